The summed E-state index contributed by atoms with van der Waals surface area (Å²) in [4.78, 5) is 4.42. The van der Waals surface area contributed by atoms with Crippen molar-refractivity contribution in [2.75, 3.05) is 5.73 Å². The number of hydrogen-bond acceptors (Lipinski definition) is 3. The maximum absolute atomic E-state index is 13.1. The molecule has 3 aromatic rings. The first-order valence-electron chi connectivity index (χ1n) is 5.25. The van der Waals surface area contributed by atoms with Crippen molar-refractivity contribution >= 4 is 43.2 Å². The summed E-state index contributed by atoms with van der Waals surface area (Å²) >= 11 is 4.87. The zero-order chi connectivity index (χ0) is 12.7. The number of aromatic nitrogens is 1. The molecule has 0 unspecified atom stereocenters. The first kappa shape index (κ1) is 11.6. The van der Waals surface area contributed by atoms with Gasteiger partial charge in [-0.1, -0.05) is 15.9 Å². The molecule has 2 aromatic carbocycles. The topological polar surface area (TPSA) is 38.9 Å². The van der Waals surface area contributed by atoms with Gasteiger partial charge in [-0.3, -0.25) is 0 Å². The van der Waals surface area contributed by atoms with Gasteiger partial charge >= 0.3 is 0 Å². The highest BCUT2D eigenvalue weighted by Gasteiger charge is 2.09. The lowest BCUT2D eigenvalue weighted by molar-refractivity contribution is 0.629. The van der Waals surface area contributed by atoms with E-state index in [0.717, 1.165) is 19.7 Å². The van der Waals surface area contributed by atoms with E-state index in [1.165, 1.54) is 23.5 Å². The van der Waals surface area contributed by atoms with Crippen LogP contribution in [0.4, 0.5) is 10.1 Å². The largest absolute Gasteiger partial charge is 0.398 e. The minimum absolute atomic E-state index is 0.275. The van der Waals surface area contributed by atoms with Crippen LogP contribution in [0, 0.1) is 5.82 Å². The van der Waals surface area contributed by atoms with Gasteiger partial charge in [-0.25, -0.2) is 9.37 Å². The molecule has 5 heteroatoms. The maximum atomic E-state index is 13.1. The standard InChI is InChI=1S/C13H8BrFN2S/c14-7-1-3-9(10(16)5-7)13-17-11-6-8(15)2-4-12(11)18-13/h1-6H,16H2. The van der Waals surface area contributed by atoms with Crippen molar-refractivity contribution in [3.05, 3.63) is 46.7 Å². The number of nitrogens with two attached hydrogens (primary N) is 1. The lowest BCUT2D eigenvalue weighted by Gasteiger charge is -2.01. The van der Waals surface area contributed by atoms with E-state index in [1.54, 1.807) is 6.07 Å². The lowest BCUT2D eigenvalue weighted by atomic mass is 10.2. The van der Waals surface area contributed by atoms with Crippen LogP contribution in [0.25, 0.3) is 20.8 Å². The second-order valence-electron chi connectivity index (χ2n) is 3.86. The monoisotopic (exact) mass is 322 g/mol. The Labute approximate surface area is 115 Å². The molecular weight excluding hydrogens is 315 g/mol. The fraction of sp³-hybridized carbons (Fsp3) is 0. The fourth-order valence-corrected chi connectivity index (χ4v) is 3.12. The van der Waals surface area contributed by atoms with E-state index in [0.29, 0.717) is 11.2 Å². The third-order valence-corrected chi connectivity index (χ3v) is 4.16. The van der Waals surface area contributed by atoms with Gasteiger partial charge in [-0.05, 0) is 30.3 Å². The predicted octanol–water partition coefficient (Wildman–Crippen LogP) is 4.45. The van der Waals surface area contributed by atoms with Gasteiger partial charge in [0.2, 0.25) is 0 Å². The van der Waals surface area contributed by atoms with Gasteiger partial charge in [0.1, 0.15) is 10.8 Å². The average Bonchev–Trinajstić information content (AvgIpc) is 2.71. The molecule has 0 aliphatic rings. The molecule has 0 saturated heterocycles. The molecule has 3 rings (SSSR count). The first-order valence-corrected chi connectivity index (χ1v) is 6.86. The Balaban J connectivity index is 2.19. The second kappa shape index (κ2) is 4.33. The van der Waals surface area contributed by atoms with Gasteiger partial charge < -0.3 is 5.73 Å². The zero-order valence-electron chi connectivity index (χ0n) is 9.15. The number of nitrogen functional groups attached to an aromatic ring is 1. The van der Waals surface area contributed by atoms with Gasteiger partial charge in [0.15, 0.2) is 0 Å². The molecule has 0 saturated carbocycles. The van der Waals surface area contributed by atoms with E-state index in [-0.39, 0.29) is 5.82 Å². The number of thiazole rings is 1. The third-order valence-electron chi connectivity index (χ3n) is 2.59. The summed E-state index contributed by atoms with van der Waals surface area (Å²) in [6.45, 7) is 0. The van der Waals surface area contributed by atoms with E-state index >= 15 is 0 Å². The van der Waals surface area contributed by atoms with E-state index in [4.69, 9.17) is 5.73 Å². The average molecular weight is 323 g/mol. The molecule has 0 bridgehead atoms. The SMILES string of the molecule is Nc1cc(Br)ccc1-c1nc2cc(F)ccc2s1. The van der Waals surface area contributed by atoms with Crippen LogP contribution < -0.4 is 5.73 Å². The molecule has 0 aliphatic carbocycles. The van der Waals surface area contributed by atoms with Gasteiger partial charge in [-0.15, -0.1) is 11.3 Å². The highest BCUT2D eigenvalue weighted by atomic mass is 79.9. The molecule has 0 aliphatic heterocycles. The summed E-state index contributed by atoms with van der Waals surface area (Å²) in [6, 6.07) is 10.3. The number of benzene rings is 2. The van der Waals surface area contributed by atoms with Crippen molar-refractivity contribution < 1.29 is 4.39 Å². The van der Waals surface area contributed by atoms with Crippen LogP contribution in [0.1, 0.15) is 0 Å². The summed E-state index contributed by atoms with van der Waals surface area (Å²) in [6.07, 6.45) is 0. The third kappa shape index (κ3) is 2.00. The van der Waals surface area contributed by atoms with E-state index in [1.807, 2.05) is 18.2 Å². The summed E-state index contributed by atoms with van der Waals surface area (Å²) in [7, 11) is 0. The molecule has 0 atom stereocenters. The Morgan fingerprint density at radius 2 is 2.00 bits per heavy atom. The van der Waals surface area contributed by atoms with Crippen molar-refractivity contribution in [1.29, 1.82) is 0 Å². The van der Waals surface area contributed by atoms with Crippen LogP contribution in [0.5, 0.6) is 0 Å². The van der Waals surface area contributed by atoms with Crippen LogP contribution >= 0.6 is 27.3 Å². The molecule has 0 radical (unpaired) electrons. The van der Waals surface area contributed by atoms with Gasteiger partial charge in [-0.2, -0.15) is 0 Å². The van der Waals surface area contributed by atoms with Crippen molar-refractivity contribution in [2.45, 2.75) is 0 Å². The van der Waals surface area contributed by atoms with Crippen LogP contribution in [0.3, 0.4) is 0 Å². The van der Waals surface area contributed by atoms with Gasteiger partial charge in [0.05, 0.1) is 10.2 Å². The molecule has 0 amide bonds. The zero-order valence-corrected chi connectivity index (χ0v) is 11.6. The summed E-state index contributed by atoms with van der Waals surface area (Å²) < 4.78 is 15.0. The first-order chi connectivity index (χ1) is 8.63. The van der Waals surface area contributed by atoms with Crippen molar-refractivity contribution in [1.82, 2.24) is 4.98 Å². The van der Waals surface area contributed by atoms with Gasteiger partial charge in [0, 0.05) is 21.8 Å². The van der Waals surface area contributed by atoms with E-state index < -0.39 is 0 Å². The van der Waals surface area contributed by atoms with Crippen molar-refractivity contribution in [3.63, 3.8) is 0 Å². The smallest absolute Gasteiger partial charge is 0.126 e. The number of halogens is 2. The van der Waals surface area contributed by atoms with Crippen LogP contribution in [0.15, 0.2) is 40.9 Å². The Kier molecular flexibility index (Phi) is 2.80. The number of anilines is 1. The minimum Gasteiger partial charge on any atom is -0.398 e. The number of hydrogen-bond donors (Lipinski definition) is 1. The molecule has 0 fully saturated rings. The minimum atomic E-state index is -0.275. The molecule has 2 N–H and O–H groups in total. The normalized spacial score (nSPS) is 11.0. The molecule has 90 valence electrons. The molecule has 1 aromatic heterocycles. The fourth-order valence-electron chi connectivity index (χ4n) is 1.74. The van der Waals surface area contributed by atoms with Crippen molar-refractivity contribution in [3.8, 4) is 10.6 Å². The Bertz CT molecular complexity index is 739. The molecule has 18 heavy (non-hydrogen) atoms. The summed E-state index contributed by atoms with van der Waals surface area (Å²) in [5.74, 6) is -0.275. The Morgan fingerprint density at radius 3 is 2.78 bits per heavy atom. The summed E-state index contributed by atoms with van der Waals surface area (Å²) in [5.41, 5.74) is 8.16. The number of rotatable bonds is 1. The predicted molar refractivity (Wildman–Crippen MR) is 77.1 cm³/mol. The van der Waals surface area contributed by atoms with Crippen LogP contribution in [-0.2, 0) is 0 Å². The molecule has 1 heterocycles. The van der Waals surface area contributed by atoms with Gasteiger partial charge in [0.25, 0.3) is 0 Å². The Hall–Kier alpha value is -1.46. The summed E-state index contributed by atoms with van der Waals surface area (Å²) in [5, 5.41) is 0.806. The molecular formula is C13H8BrFN2S. The van der Waals surface area contributed by atoms with Crippen LogP contribution in [-0.4, -0.2) is 4.98 Å². The van der Waals surface area contributed by atoms with E-state index in [2.05, 4.69) is 20.9 Å². The van der Waals surface area contributed by atoms with Crippen molar-refractivity contribution in [2.24, 2.45) is 0 Å². The van der Waals surface area contributed by atoms with E-state index in [9.17, 15) is 4.39 Å². The second-order valence-corrected chi connectivity index (χ2v) is 5.81. The highest BCUT2D eigenvalue weighted by molar-refractivity contribution is 9.10. The molecule has 0 spiro atoms. The van der Waals surface area contributed by atoms with Crippen LogP contribution in [0.2, 0.25) is 0 Å². The lowest BCUT2D eigenvalue weighted by Crippen LogP contribution is -1.89. The number of fused-ring (bicyclic) bond motifs is 1. The number of nitrogens with zero attached hydrogens (tertiary/aromatic N) is 1. The quantitative estimate of drug-likeness (QED) is 0.672. The highest BCUT2D eigenvalue weighted by Crippen LogP contribution is 2.34. The molecule has 2 nitrogen and oxygen atoms in total. The Morgan fingerprint density at radius 1 is 1.17 bits per heavy atom. The maximum Gasteiger partial charge on any atom is 0.126 e.